The first-order valence-corrected chi connectivity index (χ1v) is 6.18. The third-order valence-electron chi connectivity index (χ3n) is 3.27. The fraction of sp³-hybridized carbons (Fsp3) is 0.200. The summed E-state index contributed by atoms with van der Waals surface area (Å²) in [6.45, 7) is 1.64. The van der Waals surface area contributed by atoms with Crippen molar-refractivity contribution >= 4 is 0 Å². The molecule has 0 heterocycles. The van der Waals surface area contributed by atoms with Crippen LogP contribution in [-0.4, -0.2) is 0 Å². The van der Waals surface area contributed by atoms with Crippen molar-refractivity contribution in [2.75, 3.05) is 0 Å². The van der Waals surface area contributed by atoms with Gasteiger partial charge in [-0.1, -0.05) is 18.2 Å². The van der Waals surface area contributed by atoms with Crippen LogP contribution in [-0.2, 0) is 6.42 Å². The van der Waals surface area contributed by atoms with Gasteiger partial charge < -0.3 is 0 Å². The van der Waals surface area contributed by atoms with Gasteiger partial charge in [-0.2, -0.15) is 0 Å². The van der Waals surface area contributed by atoms with E-state index in [1.807, 2.05) is 0 Å². The van der Waals surface area contributed by atoms with Gasteiger partial charge in [0, 0.05) is 5.56 Å². The molecule has 0 bridgehead atoms. The van der Waals surface area contributed by atoms with Crippen LogP contribution in [0.1, 0.15) is 22.7 Å². The molecule has 2 nitrogen and oxygen atoms in total. The zero-order valence-corrected chi connectivity index (χ0v) is 11.0. The predicted octanol–water partition coefficient (Wildman–Crippen LogP) is 3.16. The number of nitrogens with two attached hydrogens (primary N) is 1. The largest absolute Gasteiger partial charge is 0.271 e. The SMILES string of the molecule is Cc1ccc(C(Cc2c(F)cccc2F)NN)cc1F. The molecule has 0 amide bonds. The van der Waals surface area contributed by atoms with E-state index in [1.54, 1.807) is 19.1 Å². The highest BCUT2D eigenvalue weighted by Gasteiger charge is 2.17. The van der Waals surface area contributed by atoms with Crippen molar-refractivity contribution in [1.29, 1.82) is 0 Å². The van der Waals surface area contributed by atoms with Gasteiger partial charge in [0.1, 0.15) is 17.5 Å². The maximum Gasteiger partial charge on any atom is 0.129 e. The second-order valence-electron chi connectivity index (χ2n) is 4.63. The van der Waals surface area contributed by atoms with Gasteiger partial charge in [-0.05, 0) is 42.7 Å². The van der Waals surface area contributed by atoms with Crippen LogP contribution in [0.25, 0.3) is 0 Å². The van der Waals surface area contributed by atoms with Crippen LogP contribution in [0.2, 0.25) is 0 Å². The zero-order chi connectivity index (χ0) is 14.7. The van der Waals surface area contributed by atoms with Crippen molar-refractivity contribution < 1.29 is 13.2 Å². The van der Waals surface area contributed by atoms with Crippen molar-refractivity contribution in [1.82, 2.24) is 5.43 Å². The molecule has 0 saturated carbocycles. The molecule has 0 spiro atoms. The lowest BCUT2D eigenvalue weighted by Crippen LogP contribution is -2.30. The van der Waals surface area contributed by atoms with Crippen molar-refractivity contribution in [2.45, 2.75) is 19.4 Å². The quantitative estimate of drug-likeness (QED) is 0.667. The third-order valence-corrected chi connectivity index (χ3v) is 3.27. The van der Waals surface area contributed by atoms with Crippen LogP contribution in [0.3, 0.4) is 0 Å². The van der Waals surface area contributed by atoms with Gasteiger partial charge in [-0.15, -0.1) is 0 Å². The molecular formula is C15H15F3N2. The molecule has 0 fully saturated rings. The summed E-state index contributed by atoms with van der Waals surface area (Å²) < 4.78 is 40.8. The summed E-state index contributed by atoms with van der Waals surface area (Å²) >= 11 is 0. The highest BCUT2D eigenvalue weighted by molar-refractivity contribution is 5.29. The minimum Gasteiger partial charge on any atom is -0.271 e. The lowest BCUT2D eigenvalue weighted by Gasteiger charge is -2.17. The number of hydrazine groups is 1. The molecule has 106 valence electrons. The molecule has 2 aromatic carbocycles. The fourth-order valence-corrected chi connectivity index (χ4v) is 2.03. The standard InChI is InChI=1S/C15H15F3N2/c1-9-5-6-10(7-14(9)18)15(20-19)8-11-12(16)3-2-4-13(11)17/h2-7,15,20H,8,19H2,1H3. The average Bonchev–Trinajstić information content (AvgIpc) is 2.42. The first-order valence-electron chi connectivity index (χ1n) is 6.18. The lowest BCUT2D eigenvalue weighted by atomic mass is 9.97. The Morgan fingerprint density at radius 3 is 2.25 bits per heavy atom. The van der Waals surface area contributed by atoms with Crippen LogP contribution < -0.4 is 11.3 Å². The van der Waals surface area contributed by atoms with Gasteiger partial charge in [-0.25, -0.2) is 13.2 Å². The van der Waals surface area contributed by atoms with E-state index < -0.39 is 17.7 Å². The monoisotopic (exact) mass is 280 g/mol. The highest BCUT2D eigenvalue weighted by Crippen LogP contribution is 2.23. The second kappa shape index (κ2) is 6.07. The van der Waals surface area contributed by atoms with Crippen molar-refractivity contribution in [3.63, 3.8) is 0 Å². The number of aryl methyl sites for hydroxylation is 1. The van der Waals surface area contributed by atoms with Crippen LogP contribution in [0.15, 0.2) is 36.4 Å². The Morgan fingerprint density at radius 1 is 1.05 bits per heavy atom. The van der Waals surface area contributed by atoms with E-state index in [1.165, 1.54) is 24.3 Å². The summed E-state index contributed by atoms with van der Waals surface area (Å²) in [7, 11) is 0. The summed E-state index contributed by atoms with van der Waals surface area (Å²) in [5.74, 6) is 3.76. The molecule has 20 heavy (non-hydrogen) atoms. The van der Waals surface area contributed by atoms with Crippen molar-refractivity contribution in [3.05, 3.63) is 70.5 Å². The van der Waals surface area contributed by atoms with E-state index in [-0.39, 0.29) is 17.8 Å². The molecule has 0 aliphatic rings. The summed E-state index contributed by atoms with van der Waals surface area (Å²) in [5.41, 5.74) is 3.44. The number of rotatable bonds is 4. The smallest absolute Gasteiger partial charge is 0.129 e. The molecule has 0 saturated heterocycles. The lowest BCUT2D eigenvalue weighted by molar-refractivity contribution is 0.497. The molecular weight excluding hydrogens is 265 g/mol. The van der Waals surface area contributed by atoms with Gasteiger partial charge in [0.2, 0.25) is 0 Å². The Balaban J connectivity index is 2.31. The molecule has 2 rings (SSSR count). The fourth-order valence-electron chi connectivity index (χ4n) is 2.03. The van der Waals surface area contributed by atoms with E-state index in [2.05, 4.69) is 5.43 Å². The van der Waals surface area contributed by atoms with Gasteiger partial charge in [0.15, 0.2) is 0 Å². The maximum atomic E-state index is 13.6. The number of halogens is 3. The summed E-state index contributed by atoms with van der Waals surface area (Å²) in [5, 5.41) is 0. The second-order valence-corrected chi connectivity index (χ2v) is 4.63. The normalized spacial score (nSPS) is 12.4. The van der Waals surface area contributed by atoms with E-state index >= 15 is 0 Å². The molecule has 1 atom stereocenters. The molecule has 0 aliphatic heterocycles. The minimum absolute atomic E-state index is 0.00247. The summed E-state index contributed by atoms with van der Waals surface area (Å²) in [6, 6.07) is 7.69. The molecule has 2 aromatic rings. The first kappa shape index (κ1) is 14.6. The van der Waals surface area contributed by atoms with E-state index in [0.29, 0.717) is 11.1 Å². The Bertz CT molecular complexity index is 594. The van der Waals surface area contributed by atoms with Gasteiger partial charge in [0.25, 0.3) is 0 Å². The Labute approximate surface area is 115 Å². The van der Waals surface area contributed by atoms with Crippen LogP contribution in [0.4, 0.5) is 13.2 Å². The Kier molecular flexibility index (Phi) is 4.42. The molecule has 3 N–H and O–H groups in total. The van der Waals surface area contributed by atoms with E-state index in [9.17, 15) is 13.2 Å². The van der Waals surface area contributed by atoms with Gasteiger partial charge >= 0.3 is 0 Å². The number of hydrogen-bond donors (Lipinski definition) is 2. The third kappa shape index (κ3) is 3.00. The maximum absolute atomic E-state index is 13.6. The van der Waals surface area contributed by atoms with Crippen LogP contribution in [0, 0.1) is 24.4 Å². The highest BCUT2D eigenvalue weighted by atomic mass is 19.1. The number of nitrogens with one attached hydrogen (secondary N) is 1. The topological polar surface area (TPSA) is 38.0 Å². The van der Waals surface area contributed by atoms with Crippen molar-refractivity contribution in [2.24, 2.45) is 5.84 Å². The molecule has 0 radical (unpaired) electrons. The zero-order valence-electron chi connectivity index (χ0n) is 11.0. The van der Waals surface area contributed by atoms with Crippen molar-refractivity contribution in [3.8, 4) is 0 Å². The Morgan fingerprint density at radius 2 is 1.70 bits per heavy atom. The minimum atomic E-state index is -0.641. The molecule has 0 aliphatic carbocycles. The summed E-state index contributed by atoms with van der Waals surface area (Å²) in [4.78, 5) is 0. The molecule has 0 aromatic heterocycles. The van der Waals surface area contributed by atoms with E-state index in [0.717, 1.165) is 0 Å². The van der Waals surface area contributed by atoms with E-state index in [4.69, 9.17) is 5.84 Å². The van der Waals surface area contributed by atoms with Crippen LogP contribution in [0.5, 0.6) is 0 Å². The average molecular weight is 280 g/mol. The predicted molar refractivity (Wildman–Crippen MR) is 71.3 cm³/mol. The Hall–Kier alpha value is -1.85. The van der Waals surface area contributed by atoms with Crippen LogP contribution >= 0.6 is 0 Å². The number of hydrogen-bond acceptors (Lipinski definition) is 2. The van der Waals surface area contributed by atoms with Gasteiger partial charge in [0.05, 0.1) is 6.04 Å². The van der Waals surface area contributed by atoms with Gasteiger partial charge in [-0.3, -0.25) is 11.3 Å². The molecule has 5 heteroatoms. The number of benzene rings is 2. The summed E-state index contributed by atoms with van der Waals surface area (Å²) in [6.07, 6.45) is -0.00247. The first-order chi connectivity index (χ1) is 9.52. The molecule has 1 unspecified atom stereocenters.